The lowest BCUT2D eigenvalue weighted by Gasteiger charge is -2.11. The molecule has 2 N–H and O–H groups in total. The van der Waals surface area contributed by atoms with Gasteiger partial charge in [-0.15, -0.1) is 0 Å². The Morgan fingerprint density at radius 2 is 1.94 bits per heavy atom. The van der Waals surface area contributed by atoms with Gasteiger partial charge in [-0.1, -0.05) is 30.3 Å². The minimum absolute atomic E-state index is 0.142. The molecule has 1 heterocycles. The lowest BCUT2D eigenvalue weighted by atomic mass is 10.0. The van der Waals surface area contributed by atoms with Crippen molar-refractivity contribution in [1.29, 1.82) is 0 Å². The van der Waals surface area contributed by atoms with E-state index < -0.39 is 0 Å². The van der Waals surface area contributed by atoms with Crippen LogP contribution in [0.2, 0.25) is 0 Å². The van der Waals surface area contributed by atoms with Crippen molar-refractivity contribution >= 4 is 0 Å². The number of benzene rings is 1. The summed E-state index contributed by atoms with van der Waals surface area (Å²) in [6, 6.07) is 11.6. The molecule has 0 radical (unpaired) electrons. The fourth-order valence-electron chi connectivity index (χ4n) is 1.97. The molecule has 0 aliphatic heterocycles. The van der Waals surface area contributed by atoms with Crippen molar-refractivity contribution < 1.29 is 4.39 Å². The maximum atomic E-state index is 13.0. The Kier molecular flexibility index (Phi) is 4.42. The molecule has 0 saturated carbocycles. The van der Waals surface area contributed by atoms with Gasteiger partial charge < -0.3 is 5.73 Å². The molecule has 3 heteroatoms. The Bertz CT molecular complexity index is 485. The number of nitrogens with two attached hydrogens (primary N) is 1. The topological polar surface area (TPSA) is 38.9 Å². The van der Waals surface area contributed by atoms with Gasteiger partial charge in [0.2, 0.25) is 0 Å². The molecule has 0 aliphatic rings. The fraction of sp³-hybridized carbons (Fsp3) is 0.267. The smallest absolute Gasteiger partial charge is 0.141 e. The standard InChI is InChI=1S/C15H17FN2/c16-14-9-13(10-18-11-14)15(17)8-4-7-12-5-2-1-3-6-12/h1-3,5-6,9-11,15H,4,7-8,17H2. The van der Waals surface area contributed by atoms with Gasteiger partial charge in [-0.3, -0.25) is 4.98 Å². The van der Waals surface area contributed by atoms with E-state index in [0.717, 1.165) is 24.8 Å². The van der Waals surface area contributed by atoms with E-state index in [1.807, 2.05) is 18.2 Å². The third kappa shape index (κ3) is 3.64. The zero-order valence-corrected chi connectivity index (χ0v) is 10.2. The van der Waals surface area contributed by atoms with Crippen molar-refractivity contribution in [3.63, 3.8) is 0 Å². The van der Waals surface area contributed by atoms with E-state index in [4.69, 9.17) is 5.73 Å². The first-order chi connectivity index (χ1) is 8.75. The summed E-state index contributed by atoms with van der Waals surface area (Å²) in [5, 5.41) is 0. The molecule has 1 aromatic carbocycles. The first kappa shape index (κ1) is 12.7. The van der Waals surface area contributed by atoms with Crippen LogP contribution >= 0.6 is 0 Å². The molecule has 18 heavy (non-hydrogen) atoms. The molecular weight excluding hydrogens is 227 g/mol. The molecule has 2 nitrogen and oxygen atoms in total. The fourth-order valence-corrected chi connectivity index (χ4v) is 1.97. The van der Waals surface area contributed by atoms with Crippen LogP contribution in [0.15, 0.2) is 48.8 Å². The Morgan fingerprint density at radius 3 is 2.67 bits per heavy atom. The van der Waals surface area contributed by atoms with Crippen LogP contribution in [0.5, 0.6) is 0 Å². The summed E-state index contributed by atoms with van der Waals surface area (Å²) in [6.45, 7) is 0. The minimum atomic E-state index is -0.328. The normalized spacial score (nSPS) is 12.3. The van der Waals surface area contributed by atoms with Crippen molar-refractivity contribution in [1.82, 2.24) is 4.98 Å². The summed E-state index contributed by atoms with van der Waals surface area (Å²) < 4.78 is 13.0. The molecule has 1 atom stereocenters. The Hall–Kier alpha value is -1.74. The lowest BCUT2D eigenvalue weighted by Crippen LogP contribution is -2.11. The van der Waals surface area contributed by atoms with Gasteiger partial charge in [-0.05, 0) is 36.5 Å². The summed E-state index contributed by atoms with van der Waals surface area (Å²) >= 11 is 0. The number of hydrogen-bond acceptors (Lipinski definition) is 2. The molecule has 0 spiro atoms. The summed E-state index contributed by atoms with van der Waals surface area (Å²) in [4.78, 5) is 3.82. The van der Waals surface area contributed by atoms with Gasteiger partial charge in [-0.2, -0.15) is 0 Å². The first-order valence-corrected chi connectivity index (χ1v) is 6.15. The number of halogens is 1. The Labute approximate surface area is 107 Å². The van der Waals surface area contributed by atoms with E-state index in [1.165, 1.54) is 17.8 Å². The average molecular weight is 244 g/mol. The van der Waals surface area contributed by atoms with Gasteiger partial charge in [0.25, 0.3) is 0 Å². The van der Waals surface area contributed by atoms with Gasteiger partial charge in [0.05, 0.1) is 6.20 Å². The van der Waals surface area contributed by atoms with Crippen LogP contribution in [0.1, 0.15) is 30.0 Å². The molecule has 0 bridgehead atoms. The highest BCUT2D eigenvalue weighted by molar-refractivity contribution is 5.16. The number of aromatic nitrogens is 1. The second-order valence-corrected chi connectivity index (χ2v) is 4.42. The van der Waals surface area contributed by atoms with Crippen LogP contribution in [-0.4, -0.2) is 4.98 Å². The van der Waals surface area contributed by atoms with Crippen LogP contribution in [-0.2, 0) is 6.42 Å². The average Bonchev–Trinajstić information content (AvgIpc) is 2.40. The SMILES string of the molecule is NC(CCCc1ccccc1)c1cncc(F)c1. The molecule has 1 aromatic heterocycles. The largest absolute Gasteiger partial charge is 0.324 e. The second kappa shape index (κ2) is 6.26. The quantitative estimate of drug-likeness (QED) is 0.877. The van der Waals surface area contributed by atoms with Crippen molar-refractivity contribution in [3.8, 4) is 0 Å². The highest BCUT2D eigenvalue weighted by Gasteiger charge is 2.07. The van der Waals surface area contributed by atoms with Crippen molar-refractivity contribution in [2.24, 2.45) is 5.73 Å². The number of pyridine rings is 1. The van der Waals surface area contributed by atoms with Crippen LogP contribution in [0.3, 0.4) is 0 Å². The van der Waals surface area contributed by atoms with Gasteiger partial charge >= 0.3 is 0 Å². The van der Waals surface area contributed by atoms with Gasteiger partial charge in [0.1, 0.15) is 5.82 Å². The summed E-state index contributed by atoms with van der Waals surface area (Å²) in [5.41, 5.74) is 8.10. The van der Waals surface area contributed by atoms with Crippen molar-refractivity contribution in [2.75, 3.05) is 0 Å². The third-order valence-corrected chi connectivity index (χ3v) is 2.98. The van der Waals surface area contributed by atoms with E-state index >= 15 is 0 Å². The molecular formula is C15H17FN2. The second-order valence-electron chi connectivity index (χ2n) is 4.42. The van der Waals surface area contributed by atoms with Gasteiger partial charge in [0.15, 0.2) is 0 Å². The number of nitrogens with zero attached hydrogens (tertiary/aromatic N) is 1. The monoisotopic (exact) mass is 244 g/mol. The summed E-state index contributed by atoms with van der Waals surface area (Å²) in [5.74, 6) is -0.328. The molecule has 2 rings (SSSR count). The van der Waals surface area contributed by atoms with Crippen LogP contribution in [0.4, 0.5) is 4.39 Å². The number of aryl methyl sites for hydroxylation is 1. The molecule has 0 aliphatic carbocycles. The predicted octanol–water partition coefficient (Wildman–Crippen LogP) is 3.24. The highest BCUT2D eigenvalue weighted by atomic mass is 19.1. The van der Waals surface area contributed by atoms with E-state index in [9.17, 15) is 4.39 Å². The molecule has 94 valence electrons. The minimum Gasteiger partial charge on any atom is -0.324 e. The Balaban J connectivity index is 1.83. The van der Waals surface area contributed by atoms with Crippen LogP contribution in [0, 0.1) is 5.82 Å². The first-order valence-electron chi connectivity index (χ1n) is 6.15. The predicted molar refractivity (Wildman–Crippen MR) is 70.5 cm³/mol. The summed E-state index contributed by atoms with van der Waals surface area (Å²) in [6.07, 6.45) is 5.65. The molecule has 0 saturated heterocycles. The molecule has 1 unspecified atom stereocenters. The number of hydrogen-bond donors (Lipinski definition) is 1. The molecule has 0 fully saturated rings. The van der Waals surface area contributed by atoms with E-state index in [0.29, 0.717) is 0 Å². The van der Waals surface area contributed by atoms with Crippen LogP contribution in [0.25, 0.3) is 0 Å². The van der Waals surface area contributed by atoms with Gasteiger partial charge in [0, 0.05) is 12.2 Å². The van der Waals surface area contributed by atoms with Crippen molar-refractivity contribution in [3.05, 3.63) is 65.7 Å². The summed E-state index contributed by atoms with van der Waals surface area (Å²) in [7, 11) is 0. The van der Waals surface area contributed by atoms with Crippen molar-refractivity contribution in [2.45, 2.75) is 25.3 Å². The zero-order valence-electron chi connectivity index (χ0n) is 10.2. The highest BCUT2D eigenvalue weighted by Crippen LogP contribution is 2.17. The third-order valence-electron chi connectivity index (χ3n) is 2.98. The van der Waals surface area contributed by atoms with E-state index in [1.54, 1.807) is 6.20 Å². The maximum Gasteiger partial charge on any atom is 0.141 e. The molecule has 2 aromatic rings. The van der Waals surface area contributed by atoms with E-state index in [2.05, 4.69) is 17.1 Å². The van der Waals surface area contributed by atoms with Gasteiger partial charge in [-0.25, -0.2) is 4.39 Å². The molecule has 0 amide bonds. The van der Waals surface area contributed by atoms with Crippen LogP contribution < -0.4 is 5.73 Å². The number of rotatable bonds is 5. The Morgan fingerprint density at radius 1 is 1.17 bits per heavy atom. The zero-order chi connectivity index (χ0) is 12.8. The lowest BCUT2D eigenvalue weighted by molar-refractivity contribution is 0.587. The van der Waals surface area contributed by atoms with E-state index in [-0.39, 0.29) is 11.9 Å². The maximum absolute atomic E-state index is 13.0.